The Kier molecular flexibility index (Phi) is 4.40. The van der Waals surface area contributed by atoms with Crippen LogP contribution in [0.1, 0.15) is 50.2 Å². The predicted molar refractivity (Wildman–Crippen MR) is 94.0 cm³/mol. The first-order valence-electron chi connectivity index (χ1n) is 8.09. The van der Waals surface area contributed by atoms with Crippen molar-refractivity contribution in [2.75, 3.05) is 11.9 Å². The van der Waals surface area contributed by atoms with E-state index in [0.717, 1.165) is 22.4 Å². The van der Waals surface area contributed by atoms with Crippen molar-refractivity contribution in [1.29, 1.82) is 0 Å². The van der Waals surface area contributed by atoms with Crippen molar-refractivity contribution in [3.63, 3.8) is 0 Å². The van der Waals surface area contributed by atoms with E-state index in [-0.39, 0.29) is 24.2 Å². The van der Waals surface area contributed by atoms with Gasteiger partial charge in [0.25, 0.3) is 0 Å². The lowest BCUT2D eigenvalue weighted by Gasteiger charge is -2.08. The first kappa shape index (κ1) is 16.9. The van der Waals surface area contributed by atoms with Crippen molar-refractivity contribution >= 4 is 23.3 Å². The number of Topliss-reactive ketones (excluding diaryl/α,β-unsaturated/α-hetero) is 1. The van der Waals surface area contributed by atoms with Gasteiger partial charge in [-0.15, -0.1) is 0 Å². The van der Waals surface area contributed by atoms with E-state index in [9.17, 15) is 14.4 Å². The predicted octanol–water partition coefficient (Wildman–Crippen LogP) is 3.40. The maximum Gasteiger partial charge on any atom is 0.338 e. The molecule has 0 aromatic heterocycles. The zero-order valence-corrected chi connectivity index (χ0v) is 14.4. The molecule has 0 saturated heterocycles. The van der Waals surface area contributed by atoms with Crippen LogP contribution < -0.4 is 5.32 Å². The number of rotatable bonds is 4. The SMILES string of the molecule is Cc1ccc(C(=O)OCC(=O)c2ccc3c(c2)[C@@H](C)C(=O)N3)c(C)c1. The topological polar surface area (TPSA) is 72.5 Å². The molecule has 25 heavy (non-hydrogen) atoms. The van der Waals surface area contributed by atoms with Gasteiger partial charge in [0.2, 0.25) is 5.91 Å². The summed E-state index contributed by atoms with van der Waals surface area (Å²) in [5.41, 5.74) is 4.26. The second kappa shape index (κ2) is 6.51. The van der Waals surface area contributed by atoms with Gasteiger partial charge in [0.1, 0.15) is 0 Å². The van der Waals surface area contributed by atoms with E-state index in [0.29, 0.717) is 11.1 Å². The maximum atomic E-state index is 12.3. The Bertz CT molecular complexity index is 885. The highest BCUT2D eigenvalue weighted by molar-refractivity contribution is 6.05. The third kappa shape index (κ3) is 3.31. The first-order valence-corrected chi connectivity index (χ1v) is 8.09. The third-order valence-corrected chi connectivity index (χ3v) is 4.43. The summed E-state index contributed by atoms with van der Waals surface area (Å²) in [5, 5.41) is 2.76. The van der Waals surface area contributed by atoms with Gasteiger partial charge in [-0.25, -0.2) is 4.79 Å². The van der Waals surface area contributed by atoms with Crippen LogP contribution in [0.15, 0.2) is 36.4 Å². The van der Waals surface area contributed by atoms with Crippen LogP contribution in [-0.2, 0) is 9.53 Å². The number of hydrogen-bond acceptors (Lipinski definition) is 4. The Hall–Kier alpha value is -2.95. The number of ketones is 1. The summed E-state index contributed by atoms with van der Waals surface area (Å²) in [5.74, 6) is -1.19. The molecule has 1 heterocycles. The largest absolute Gasteiger partial charge is 0.454 e. The second-order valence-corrected chi connectivity index (χ2v) is 6.33. The third-order valence-electron chi connectivity index (χ3n) is 4.43. The summed E-state index contributed by atoms with van der Waals surface area (Å²) >= 11 is 0. The molecular formula is C20H19NO4. The molecule has 0 fully saturated rings. The minimum Gasteiger partial charge on any atom is -0.454 e. The van der Waals surface area contributed by atoms with E-state index in [4.69, 9.17) is 4.74 Å². The number of aryl methyl sites for hydroxylation is 2. The molecule has 5 nitrogen and oxygen atoms in total. The number of esters is 1. The highest BCUT2D eigenvalue weighted by Crippen LogP contribution is 2.32. The van der Waals surface area contributed by atoms with Gasteiger partial charge in [-0.1, -0.05) is 17.7 Å². The smallest absolute Gasteiger partial charge is 0.338 e. The van der Waals surface area contributed by atoms with Gasteiger partial charge in [0.15, 0.2) is 12.4 Å². The summed E-state index contributed by atoms with van der Waals surface area (Å²) in [4.78, 5) is 36.2. The van der Waals surface area contributed by atoms with Gasteiger partial charge in [0, 0.05) is 11.3 Å². The number of carbonyl (C=O) groups excluding carboxylic acids is 3. The first-order chi connectivity index (χ1) is 11.9. The normalized spacial score (nSPS) is 15.5. The number of nitrogens with one attached hydrogen (secondary N) is 1. The summed E-state index contributed by atoms with van der Waals surface area (Å²) in [6.45, 7) is 5.23. The number of anilines is 1. The number of benzene rings is 2. The molecule has 1 amide bonds. The van der Waals surface area contributed by atoms with E-state index in [1.165, 1.54) is 0 Å². The number of hydrogen-bond donors (Lipinski definition) is 1. The average Bonchev–Trinajstić information content (AvgIpc) is 2.86. The quantitative estimate of drug-likeness (QED) is 0.685. The highest BCUT2D eigenvalue weighted by atomic mass is 16.5. The minimum absolute atomic E-state index is 0.0825. The Morgan fingerprint density at radius 3 is 2.60 bits per heavy atom. The molecule has 3 rings (SSSR count). The molecule has 0 saturated carbocycles. The number of ether oxygens (including phenoxy) is 1. The van der Waals surface area contributed by atoms with Crippen LogP contribution in [0.2, 0.25) is 0 Å². The molecule has 1 atom stereocenters. The zero-order valence-electron chi connectivity index (χ0n) is 14.4. The molecule has 0 aliphatic carbocycles. The van der Waals surface area contributed by atoms with E-state index in [1.807, 2.05) is 26.0 Å². The van der Waals surface area contributed by atoms with Gasteiger partial charge >= 0.3 is 5.97 Å². The van der Waals surface area contributed by atoms with Crippen molar-refractivity contribution in [1.82, 2.24) is 0 Å². The fourth-order valence-corrected chi connectivity index (χ4v) is 2.93. The van der Waals surface area contributed by atoms with Crippen LogP contribution in [0.5, 0.6) is 0 Å². The zero-order chi connectivity index (χ0) is 18.1. The molecule has 1 aliphatic rings. The summed E-state index contributed by atoms with van der Waals surface area (Å²) in [6, 6.07) is 10.4. The second-order valence-electron chi connectivity index (χ2n) is 6.33. The van der Waals surface area contributed by atoms with E-state index in [2.05, 4.69) is 5.32 Å². The fourth-order valence-electron chi connectivity index (χ4n) is 2.93. The molecule has 128 valence electrons. The van der Waals surface area contributed by atoms with E-state index >= 15 is 0 Å². The Balaban J connectivity index is 1.69. The van der Waals surface area contributed by atoms with E-state index in [1.54, 1.807) is 31.2 Å². The van der Waals surface area contributed by atoms with Crippen molar-refractivity contribution in [2.45, 2.75) is 26.7 Å². The minimum atomic E-state index is -0.516. The molecule has 1 N–H and O–H groups in total. The highest BCUT2D eigenvalue weighted by Gasteiger charge is 2.27. The standard InChI is InChI=1S/C20H19NO4/c1-11-4-6-15(12(2)8-11)20(24)25-10-18(22)14-5-7-17-16(9-14)13(3)19(23)21-17/h4-9,13H,10H2,1-3H3,(H,21,23)/t13-/m1/s1. The van der Waals surface area contributed by atoms with Crippen molar-refractivity contribution in [3.05, 3.63) is 64.2 Å². The van der Waals surface area contributed by atoms with Gasteiger partial charge in [-0.2, -0.15) is 0 Å². The number of fused-ring (bicyclic) bond motifs is 1. The molecule has 2 aromatic carbocycles. The molecule has 0 radical (unpaired) electrons. The van der Waals surface area contributed by atoms with E-state index < -0.39 is 5.97 Å². The fraction of sp³-hybridized carbons (Fsp3) is 0.250. The van der Waals surface area contributed by atoms with Crippen LogP contribution in [0.4, 0.5) is 5.69 Å². The van der Waals surface area contributed by atoms with Crippen LogP contribution in [0, 0.1) is 13.8 Å². The molecule has 1 aliphatic heterocycles. The Morgan fingerprint density at radius 1 is 1.12 bits per heavy atom. The number of amides is 1. The van der Waals surface area contributed by atoms with Crippen molar-refractivity contribution in [2.24, 2.45) is 0 Å². The molecule has 2 aromatic rings. The lowest BCUT2D eigenvalue weighted by atomic mass is 9.99. The van der Waals surface area contributed by atoms with Crippen LogP contribution in [0.3, 0.4) is 0 Å². The van der Waals surface area contributed by atoms with Crippen LogP contribution >= 0.6 is 0 Å². The molecule has 0 bridgehead atoms. The molecule has 0 unspecified atom stereocenters. The summed E-state index contributed by atoms with van der Waals surface area (Å²) in [7, 11) is 0. The van der Waals surface area contributed by atoms with Gasteiger partial charge in [0.05, 0.1) is 11.5 Å². The number of carbonyl (C=O) groups is 3. The molecule has 0 spiro atoms. The molecule has 5 heteroatoms. The average molecular weight is 337 g/mol. The lowest BCUT2D eigenvalue weighted by Crippen LogP contribution is -2.15. The Morgan fingerprint density at radius 2 is 1.88 bits per heavy atom. The van der Waals surface area contributed by atoms with Crippen molar-refractivity contribution < 1.29 is 19.1 Å². The van der Waals surface area contributed by atoms with Gasteiger partial charge in [-0.05, 0) is 56.2 Å². The Labute approximate surface area is 146 Å². The lowest BCUT2D eigenvalue weighted by molar-refractivity contribution is -0.116. The summed E-state index contributed by atoms with van der Waals surface area (Å²) < 4.78 is 5.16. The molecular weight excluding hydrogens is 318 g/mol. The van der Waals surface area contributed by atoms with Crippen LogP contribution in [0.25, 0.3) is 0 Å². The maximum absolute atomic E-state index is 12.3. The van der Waals surface area contributed by atoms with Gasteiger partial charge in [-0.3, -0.25) is 9.59 Å². The van der Waals surface area contributed by atoms with Crippen molar-refractivity contribution in [3.8, 4) is 0 Å². The van der Waals surface area contributed by atoms with Crippen LogP contribution in [-0.4, -0.2) is 24.3 Å². The van der Waals surface area contributed by atoms with Gasteiger partial charge < -0.3 is 10.1 Å². The monoisotopic (exact) mass is 337 g/mol. The summed E-state index contributed by atoms with van der Waals surface area (Å²) in [6.07, 6.45) is 0.